The van der Waals surface area contributed by atoms with Crippen LogP contribution in [-0.2, 0) is 0 Å². The Hall–Kier alpha value is -3.35. The van der Waals surface area contributed by atoms with Crippen LogP contribution in [0.1, 0.15) is 66.3 Å². The van der Waals surface area contributed by atoms with Crippen LogP contribution in [0.5, 0.6) is 5.75 Å². The summed E-state index contributed by atoms with van der Waals surface area (Å²) in [5.41, 5.74) is 2.00. The molecule has 1 saturated carbocycles. The van der Waals surface area contributed by atoms with E-state index in [1.807, 2.05) is 43.0 Å². The Kier molecular flexibility index (Phi) is 8.31. The number of carbonyl (C=O) groups is 2. The maximum atomic E-state index is 12.9. The molecule has 0 aliphatic heterocycles. The van der Waals surface area contributed by atoms with Crippen molar-refractivity contribution in [1.82, 2.24) is 15.6 Å². The van der Waals surface area contributed by atoms with E-state index in [1.54, 1.807) is 25.6 Å². The number of pyridine rings is 1. The number of hydrogen-bond donors (Lipinski definition) is 2. The molecular formula is C27H36N4O3. The molecule has 3 unspecified atom stereocenters. The fourth-order valence-electron chi connectivity index (χ4n) is 4.25. The predicted molar refractivity (Wildman–Crippen MR) is 135 cm³/mol. The van der Waals surface area contributed by atoms with Gasteiger partial charge in [0.2, 0.25) is 0 Å². The van der Waals surface area contributed by atoms with Gasteiger partial charge in [0, 0.05) is 35.4 Å². The molecule has 2 aromatic rings. The van der Waals surface area contributed by atoms with Crippen molar-refractivity contribution >= 4 is 17.6 Å². The first-order valence-electron chi connectivity index (χ1n) is 11.9. The number of amides is 2. The molecule has 1 fully saturated rings. The molecule has 182 valence electrons. The van der Waals surface area contributed by atoms with E-state index in [2.05, 4.69) is 36.0 Å². The van der Waals surface area contributed by atoms with Crippen LogP contribution in [-0.4, -0.2) is 42.0 Å². The number of carbonyl (C=O) groups excluding carboxylic acids is 2. The molecule has 0 saturated heterocycles. The first-order chi connectivity index (χ1) is 16.2. The monoisotopic (exact) mass is 464 g/mol. The summed E-state index contributed by atoms with van der Waals surface area (Å²) < 4.78 is 5.34. The van der Waals surface area contributed by atoms with Crippen molar-refractivity contribution in [3.05, 3.63) is 66.0 Å². The Morgan fingerprint density at radius 3 is 2.56 bits per heavy atom. The topological polar surface area (TPSA) is 83.6 Å². The molecule has 3 rings (SSSR count). The zero-order valence-corrected chi connectivity index (χ0v) is 20.8. The van der Waals surface area contributed by atoms with Gasteiger partial charge in [0.25, 0.3) is 11.8 Å². The summed E-state index contributed by atoms with van der Waals surface area (Å²) in [6, 6.07) is 9.46. The number of nitrogens with zero attached hydrogens (tertiary/aromatic N) is 2. The van der Waals surface area contributed by atoms with Crippen LogP contribution >= 0.6 is 0 Å². The van der Waals surface area contributed by atoms with Gasteiger partial charge in [0.15, 0.2) is 0 Å². The Bertz CT molecular complexity index is 1020. The van der Waals surface area contributed by atoms with E-state index in [1.165, 1.54) is 0 Å². The molecule has 1 aliphatic rings. The number of nitrogens with one attached hydrogen (secondary N) is 2. The first-order valence-corrected chi connectivity index (χ1v) is 11.9. The van der Waals surface area contributed by atoms with Gasteiger partial charge in [-0.1, -0.05) is 26.5 Å². The fraction of sp³-hybridized carbons (Fsp3) is 0.444. The summed E-state index contributed by atoms with van der Waals surface area (Å²) in [6.45, 7) is 12.0. The molecule has 2 N–H and O–H groups in total. The van der Waals surface area contributed by atoms with E-state index >= 15 is 0 Å². The molecule has 0 spiro atoms. The molecule has 7 heteroatoms. The van der Waals surface area contributed by atoms with Crippen molar-refractivity contribution < 1.29 is 14.3 Å². The number of benzene rings is 1. The van der Waals surface area contributed by atoms with Crippen molar-refractivity contribution in [3.63, 3.8) is 0 Å². The molecule has 7 nitrogen and oxygen atoms in total. The minimum absolute atomic E-state index is 0.0631. The van der Waals surface area contributed by atoms with Gasteiger partial charge >= 0.3 is 0 Å². The van der Waals surface area contributed by atoms with Gasteiger partial charge in [0.1, 0.15) is 11.6 Å². The fourth-order valence-corrected chi connectivity index (χ4v) is 4.25. The van der Waals surface area contributed by atoms with Gasteiger partial charge in [-0.2, -0.15) is 0 Å². The van der Waals surface area contributed by atoms with E-state index in [4.69, 9.17) is 4.74 Å². The third-order valence-corrected chi connectivity index (χ3v) is 6.71. The summed E-state index contributed by atoms with van der Waals surface area (Å²) in [7, 11) is 1.61. The van der Waals surface area contributed by atoms with Crippen molar-refractivity contribution in [1.29, 1.82) is 0 Å². The highest BCUT2D eigenvalue weighted by Crippen LogP contribution is 2.29. The summed E-state index contributed by atoms with van der Waals surface area (Å²) in [6.07, 6.45) is 5.94. The summed E-state index contributed by atoms with van der Waals surface area (Å²) >= 11 is 0. The second-order valence-electron chi connectivity index (χ2n) is 9.27. The van der Waals surface area contributed by atoms with Gasteiger partial charge in [0.05, 0.1) is 12.7 Å². The molecule has 1 aromatic carbocycles. The Labute approximate surface area is 202 Å². The Morgan fingerprint density at radius 1 is 1.18 bits per heavy atom. The highest BCUT2D eigenvalue weighted by molar-refractivity contribution is 5.96. The summed E-state index contributed by atoms with van der Waals surface area (Å²) in [4.78, 5) is 31.9. The standard InChI is InChI=1S/C27H36N4O3/c1-7-31(25-14-11-20(16-28-25)26(32)29-19(5)17(2)3)22-13-12-21(15-22)30-27(33)23-9-8-10-24(34-6)18(23)4/h7-11,14,16-17,19,21-22H,1,12-13,15H2,2-6H3,(H,29,32)(H,30,33). The lowest BCUT2D eigenvalue weighted by molar-refractivity contribution is 0.0924. The average Bonchev–Trinajstić information content (AvgIpc) is 3.27. The molecule has 3 atom stereocenters. The number of methoxy groups -OCH3 is 1. The zero-order valence-electron chi connectivity index (χ0n) is 20.8. The predicted octanol–water partition coefficient (Wildman–Crippen LogP) is 4.47. The minimum Gasteiger partial charge on any atom is -0.496 e. The first kappa shape index (κ1) is 25.3. The van der Waals surface area contributed by atoms with Crippen LogP contribution in [0.2, 0.25) is 0 Å². The van der Waals surface area contributed by atoms with Crippen molar-refractivity contribution in [2.75, 3.05) is 12.0 Å². The highest BCUT2D eigenvalue weighted by atomic mass is 16.5. The lowest BCUT2D eigenvalue weighted by Gasteiger charge is -2.26. The smallest absolute Gasteiger partial charge is 0.253 e. The molecule has 1 aliphatic carbocycles. The molecular weight excluding hydrogens is 428 g/mol. The van der Waals surface area contributed by atoms with Crippen LogP contribution in [0, 0.1) is 12.8 Å². The average molecular weight is 465 g/mol. The number of aromatic nitrogens is 1. The van der Waals surface area contributed by atoms with E-state index < -0.39 is 0 Å². The number of anilines is 1. The van der Waals surface area contributed by atoms with Gasteiger partial charge in [-0.3, -0.25) is 9.59 Å². The summed E-state index contributed by atoms with van der Waals surface area (Å²) in [5.74, 6) is 1.59. The number of ether oxygens (including phenoxy) is 1. The van der Waals surface area contributed by atoms with E-state index in [-0.39, 0.29) is 29.9 Å². The Morgan fingerprint density at radius 2 is 1.94 bits per heavy atom. The quantitative estimate of drug-likeness (QED) is 0.572. The van der Waals surface area contributed by atoms with Gasteiger partial charge in [-0.25, -0.2) is 4.98 Å². The molecule has 0 radical (unpaired) electrons. The number of hydrogen-bond acceptors (Lipinski definition) is 5. The second-order valence-corrected chi connectivity index (χ2v) is 9.27. The third-order valence-electron chi connectivity index (χ3n) is 6.71. The molecule has 1 aromatic heterocycles. The van der Waals surface area contributed by atoms with Gasteiger partial charge in [-0.05, 0) is 69.5 Å². The molecule has 0 bridgehead atoms. The molecule has 2 amide bonds. The van der Waals surface area contributed by atoms with Crippen LogP contribution in [0.4, 0.5) is 5.82 Å². The van der Waals surface area contributed by atoms with Gasteiger partial charge in [-0.15, -0.1) is 0 Å². The second kappa shape index (κ2) is 11.2. The van der Waals surface area contributed by atoms with Crippen LogP contribution in [0.25, 0.3) is 0 Å². The van der Waals surface area contributed by atoms with Crippen LogP contribution in [0.3, 0.4) is 0 Å². The van der Waals surface area contributed by atoms with E-state index in [0.29, 0.717) is 22.8 Å². The maximum Gasteiger partial charge on any atom is 0.253 e. The lowest BCUT2D eigenvalue weighted by atomic mass is 10.1. The van der Waals surface area contributed by atoms with Crippen molar-refractivity contribution in [2.45, 2.75) is 65.1 Å². The number of rotatable bonds is 9. The summed E-state index contributed by atoms with van der Waals surface area (Å²) in [5, 5.41) is 6.17. The Balaban J connectivity index is 1.62. The van der Waals surface area contributed by atoms with Crippen molar-refractivity contribution in [2.24, 2.45) is 5.92 Å². The third kappa shape index (κ3) is 5.76. The highest BCUT2D eigenvalue weighted by Gasteiger charge is 2.30. The molecule has 34 heavy (non-hydrogen) atoms. The van der Waals surface area contributed by atoms with E-state index in [0.717, 1.165) is 30.6 Å². The zero-order chi connectivity index (χ0) is 24.8. The maximum absolute atomic E-state index is 12.9. The molecule has 1 heterocycles. The largest absolute Gasteiger partial charge is 0.496 e. The van der Waals surface area contributed by atoms with Crippen molar-refractivity contribution in [3.8, 4) is 5.75 Å². The normalized spacial score (nSPS) is 18.3. The SMILES string of the molecule is C=CN(c1ccc(C(=O)NC(C)C(C)C)cn1)C1CCC(NC(=O)c2cccc(OC)c2C)C1. The van der Waals surface area contributed by atoms with Crippen LogP contribution < -0.4 is 20.3 Å². The van der Waals surface area contributed by atoms with E-state index in [9.17, 15) is 9.59 Å². The minimum atomic E-state index is -0.123. The lowest BCUT2D eigenvalue weighted by Crippen LogP contribution is -2.36. The van der Waals surface area contributed by atoms with Gasteiger partial charge < -0.3 is 20.3 Å². The van der Waals surface area contributed by atoms with Crippen LogP contribution in [0.15, 0.2) is 49.3 Å².